The van der Waals surface area contributed by atoms with Gasteiger partial charge in [0.25, 0.3) is 0 Å². The van der Waals surface area contributed by atoms with Crippen LogP contribution in [0.4, 0.5) is 11.6 Å². The molecule has 1 rings (SSSR count). The molecule has 0 aliphatic carbocycles. The molecule has 0 aromatic carbocycles. The van der Waals surface area contributed by atoms with E-state index in [1.807, 2.05) is 0 Å². The normalized spacial score (nSPS) is 11.9. The van der Waals surface area contributed by atoms with E-state index in [1.54, 1.807) is 0 Å². The lowest BCUT2D eigenvalue weighted by Crippen LogP contribution is -2.26. The molecular formula is C17H32N4. The van der Waals surface area contributed by atoms with E-state index in [0.29, 0.717) is 5.92 Å². The van der Waals surface area contributed by atoms with Gasteiger partial charge in [-0.05, 0) is 26.2 Å². The zero-order valence-electron chi connectivity index (χ0n) is 15.0. The minimum atomic E-state index is -0.0501. The zero-order chi connectivity index (χ0) is 16.2. The molecule has 1 aromatic heterocycles. The number of nitrogens with zero attached hydrogens (tertiary/aromatic N) is 3. The van der Waals surface area contributed by atoms with E-state index in [1.165, 1.54) is 6.42 Å². The van der Waals surface area contributed by atoms with Crippen LogP contribution in [0.15, 0.2) is 0 Å². The summed E-state index contributed by atoms with van der Waals surface area (Å²) >= 11 is 0. The van der Waals surface area contributed by atoms with Crippen molar-refractivity contribution in [2.75, 3.05) is 30.4 Å². The second kappa shape index (κ2) is 7.10. The van der Waals surface area contributed by atoms with E-state index in [9.17, 15) is 0 Å². The maximum atomic E-state index is 4.84. The molecule has 0 saturated carbocycles. The molecule has 1 heterocycles. The second-order valence-electron chi connectivity index (χ2n) is 7.23. The van der Waals surface area contributed by atoms with E-state index < -0.39 is 0 Å². The number of nitrogens with one attached hydrogen (secondary N) is 1. The first kappa shape index (κ1) is 17.7. The van der Waals surface area contributed by atoms with Crippen molar-refractivity contribution >= 4 is 11.6 Å². The summed E-state index contributed by atoms with van der Waals surface area (Å²) in [5.74, 6) is 3.61. The predicted octanol–water partition coefficient (Wildman–Crippen LogP) is 4.00. The van der Waals surface area contributed by atoms with Crippen LogP contribution in [-0.4, -0.2) is 30.1 Å². The van der Waals surface area contributed by atoms with Crippen LogP contribution in [0, 0.1) is 12.8 Å². The molecule has 0 fully saturated rings. The quantitative estimate of drug-likeness (QED) is 0.860. The Labute approximate surface area is 130 Å². The van der Waals surface area contributed by atoms with Crippen LogP contribution in [0.2, 0.25) is 0 Å². The van der Waals surface area contributed by atoms with Gasteiger partial charge in [-0.1, -0.05) is 34.6 Å². The Bertz CT molecular complexity index is 461. The Hall–Kier alpha value is -1.32. The SMILES string of the molecule is CCNc1nc(C(C)(C)C)nc(N(C)CCC(C)C)c1C. The van der Waals surface area contributed by atoms with Gasteiger partial charge < -0.3 is 10.2 Å². The van der Waals surface area contributed by atoms with E-state index >= 15 is 0 Å². The van der Waals surface area contributed by atoms with E-state index in [0.717, 1.165) is 36.1 Å². The fourth-order valence-corrected chi connectivity index (χ4v) is 2.11. The first-order chi connectivity index (χ1) is 9.66. The molecule has 0 aliphatic heterocycles. The highest BCUT2D eigenvalue weighted by Gasteiger charge is 2.22. The van der Waals surface area contributed by atoms with Gasteiger partial charge in [0.2, 0.25) is 0 Å². The molecule has 0 radical (unpaired) electrons. The average Bonchev–Trinajstić information content (AvgIpc) is 2.37. The molecule has 0 saturated heterocycles. The minimum Gasteiger partial charge on any atom is -0.370 e. The maximum absolute atomic E-state index is 4.84. The number of rotatable bonds is 6. The predicted molar refractivity (Wildman–Crippen MR) is 92.4 cm³/mol. The van der Waals surface area contributed by atoms with E-state index in [2.05, 4.69) is 65.7 Å². The molecule has 0 amide bonds. The van der Waals surface area contributed by atoms with Crippen LogP contribution in [-0.2, 0) is 5.41 Å². The summed E-state index contributed by atoms with van der Waals surface area (Å²) in [7, 11) is 2.12. The van der Waals surface area contributed by atoms with Gasteiger partial charge in [-0.15, -0.1) is 0 Å². The molecule has 0 aliphatic rings. The van der Waals surface area contributed by atoms with Crippen LogP contribution in [0.25, 0.3) is 0 Å². The van der Waals surface area contributed by atoms with Gasteiger partial charge in [0.15, 0.2) is 0 Å². The summed E-state index contributed by atoms with van der Waals surface area (Å²) in [6, 6.07) is 0. The van der Waals surface area contributed by atoms with Crippen molar-refractivity contribution in [3.05, 3.63) is 11.4 Å². The average molecular weight is 292 g/mol. The summed E-state index contributed by atoms with van der Waals surface area (Å²) in [5, 5.41) is 3.37. The van der Waals surface area contributed by atoms with Gasteiger partial charge in [-0.3, -0.25) is 0 Å². The Kier molecular flexibility index (Phi) is 5.99. The highest BCUT2D eigenvalue weighted by atomic mass is 15.2. The van der Waals surface area contributed by atoms with Gasteiger partial charge in [-0.25, -0.2) is 9.97 Å². The highest BCUT2D eigenvalue weighted by Crippen LogP contribution is 2.28. The molecule has 120 valence electrons. The Balaban J connectivity index is 3.19. The van der Waals surface area contributed by atoms with Crippen molar-refractivity contribution in [3.8, 4) is 0 Å². The third-order valence-corrected chi connectivity index (χ3v) is 3.54. The van der Waals surface area contributed by atoms with Gasteiger partial charge in [0.05, 0.1) is 0 Å². The van der Waals surface area contributed by atoms with Crippen LogP contribution >= 0.6 is 0 Å². The first-order valence-electron chi connectivity index (χ1n) is 8.01. The lowest BCUT2D eigenvalue weighted by Gasteiger charge is -2.26. The molecular weight excluding hydrogens is 260 g/mol. The summed E-state index contributed by atoms with van der Waals surface area (Å²) in [4.78, 5) is 11.8. The molecule has 21 heavy (non-hydrogen) atoms. The molecule has 0 unspecified atom stereocenters. The lowest BCUT2D eigenvalue weighted by molar-refractivity contribution is 0.541. The summed E-state index contributed by atoms with van der Waals surface area (Å²) in [5.41, 5.74) is 1.09. The fraction of sp³-hybridized carbons (Fsp3) is 0.765. The third-order valence-electron chi connectivity index (χ3n) is 3.54. The van der Waals surface area contributed by atoms with Crippen molar-refractivity contribution in [2.24, 2.45) is 5.92 Å². The molecule has 0 bridgehead atoms. The molecule has 4 nitrogen and oxygen atoms in total. The van der Waals surface area contributed by atoms with Gasteiger partial charge in [-0.2, -0.15) is 0 Å². The Morgan fingerprint density at radius 3 is 2.29 bits per heavy atom. The topological polar surface area (TPSA) is 41.1 Å². The van der Waals surface area contributed by atoms with Crippen LogP contribution in [0.3, 0.4) is 0 Å². The van der Waals surface area contributed by atoms with E-state index in [-0.39, 0.29) is 5.41 Å². The van der Waals surface area contributed by atoms with E-state index in [4.69, 9.17) is 9.97 Å². The number of hydrogen-bond acceptors (Lipinski definition) is 4. The molecule has 4 heteroatoms. The van der Waals surface area contributed by atoms with Crippen LogP contribution in [0.1, 0.15) is 59.4 Å². The number of aromatic nitrogens is 2. The smallest absolute Gasteiger partial charge is 0.138 e. The van der Waals surface area contributed by atoms with Crippen molar-refractivity contribution in [2.45, 2.75) is 60.3 Å². The molecule has 1 N–H and O–H groups in total. The standard InChI is InChI=1S/C17H32N4/c1-9-18-14-13(4)15(21(8)11-10-12(2)3)20-16(19-14)17(5,6)7/h12H,9-11H2,1-8H3,(H,18,19,20). The summed E-state index contributed by atoms with van der Waals surface area (Å²) in [6.07, 6.45) is 1.17. The van der Waals surface area contributed by atoms with Crippen LogP contribution in [0.5, 0.6) is 0 Å². The highest BCUT2D eigenvalue weighted by molar-refractivity contribution is 5.58. The minimum absolute atomic E-state index is 0.0501. The fourth-order valence-electron chi connectivity index (χ4n) is 2.11. The Morgan fingerprint density at radius 2 is 1.81 bits per heavy atom. The van der Waals surface area contributed by atoms with Gasteiger partial charge in [0.1, 0.15) is 17.5 Å². The molecule has 0 spiro atoms. The monoisotopic (exact) mass is 292 g/mol. The lowest BCUT2D eigenvalue weighted by atomic mass is 9.95. The summed E-state index contributed by atoms with van der Waals surface area (Å²) in [6.45, 7) is 17.1. The van der Waals surface area contributed by atoms with Crippen molar-refractivity contribution in [1.29, 1.82) is 0 Å². The first-order valence-corrected chi connectivity index (χ1v) is 8.01. The van der Waals surface area contributed by atoms with Crippen molar-refractivity contribution < 1.29 is 0 Å². The van der Waals surface area contributed by atoms with Crippen molar-refractivity contribution in [1.82, 2.24) is 9.97 Å². The maximum Gasteiger partial charge on any atom is 0.138 e. The molecule has 1 aromatic rings. The van der Waals surface area contributed by atoms with Crippen LogP contribution < -0.4 is 10.2 Å². The third kappa shape index (κ3) is 4.87. The Morgan fingerprint density at radius 1 is 1.19 bits per heavy atom. The van der Waals surface area contributed by atoms with Crippen molar-refractivity contribution in [3.63, 3.8) is 0 Å². The largest absolute Gasteiger partial charge is 0.370 e. The molecule has 0 atom stereocenters. The summed E-state index contributed by atoms with van der Waals surface area (Å²) < 4.78 is 0. The number of anilines is 2. The number of hydrogen-bond donors (Lipinski definition) is 1. The van der Waals surface area contributed by atoms with Gasteiger partial charge in [0, 0.05) is 31.1 Å². The zero-order valence-corrected chi connectivity index (χ0v) is 15.0. The second-order valence-corrected chi connectivity index (χ2v) is 7.23. The van der Waals surface area contributed by atoms with Gasteiger partial charge >= 0.3 is 0 Å².